The highest BCUT2D eigenvalue weighted by Crippen LogP contribution is 2.51. The molecule has 0 aliphatic heterocycles. The Bertz CT molecular complexity index is 2300. The third-order valence-electron chi connectivity index (χ3n) is 8.75. The molecule has 1 nitrogen and oxygen atoms in total. The SMILES string of the molecule is Cc1ccccc1-c1sc2ccccc2c1-c1cn(-c2ccc3c4c(cccc24)-c2ccccc2-3)c2ccccc12. The van der Waals surface area contributed by atoms with Gasteiger partial charge in [-0.2, -0.15) is 0 Å². The van der Waals surface area contributed by atoms with E-state index in [1.165, 1.54) is 86.8 Å². The quantitative estimate of drug-likeness (QED) is 0.210. The number of hydrogen-bond donors (Lipinski definition) is 0. The molecule has 0 unspecified atom stereocenters. The van der Waals surface area contributed by atoms with E-state index in [-0.39, 0.29) is 0 Å². The highest BCUT2D eigenvalue weighted by atomic mass is 32.1. The van der Waals surface area contributed by atoms with E-state index >= 15 is 0 Å². The van der Waals surface area contributed by atoms with Crippen LogP contribution in [-0.2, 0) is 0 Å². The van der Waals surface area contributed by atoms with Crippen molar-refractivity contribution in [2.24, 2.45) is 0 Å². The van der Waals surface area contributed by atoms with Crippen LogP contribution in [0.4, 0.5) is 0 Å². The van der Waals surface area contributed by atoms with Crippen molar-refractivity contribution < 1.29 is 0 Å². The van der Waals surface area contributed by atoms with Crippen LogP contribution in [0.3, 0.4) is 0 Å². The van der Waals surface area contributed by atoms with Crippen molar-refractivity contribution in [2.45, 2.75) is 6.92 Å². The summed E-state index contributed by atoms with van der Waals surface area (Å²) < 4.78 is 3.74. The highest BCUT2D eigenvalue weighted by Gasteiger charge is 2.24. The van der Waals surface area contributed by atoms with Gasteiger partial charge in [-0.3, -0.25) is 0 Å². The fourth-order valence-corrected chi connectivity index (χ4v) is 8.22. The van der Waals surface area contributed by atoms with Gasteiger partial charge in [0.25, 0.3) is 0 Å². The Morgan fingerprint density at radius 2 is 1.12 bits per heavy atom. The Morgan fingerprint density at radius 3 is 1.95 bits per heavy atom. The fraction of sp³-hybridized carbons (Fsp3) is 0.0256. The average molecular weight is 540 g/mol. The van der Waals surface area contributed by atoms with Crippen LogP contribution in [-0.4, -0.2) is 4.57 Å². The zero-order valence-corrected chi connectivity index (χ0v) is 23.4. The molecule has 41 heavy (non-hydrogen) atoms. The smallest absolute Gasteiger partial charge is 0.0535 e. The summed E-state index contributed by atoms with van der Waals surface area (Å²) in [5.41, 5.74) is 13.0. The fourth-order valence-electron chi connectivity index (χ4n) is 6.91. The van der Waals surface area contributed by atoms with E-state index in [1.54, 1.807) is 0 Å². The van der Waals surface area contributed by atoms with Gasteiger partial charge in [-0.15, -0.1) is 11.3 Å². The lowest BCUT2D eigenvalue weighted by Crippen LogP contribution is -1.94. The number of aryl methyl sites for hydroxylation is 1. The van der Waals surface area contributed by atoms with Gasteiger partial charge >= 0.3 is 0 Å². The van der Waals surface area contributed by atoms with Crippen LogP contribution in [0.1, 0.15) is 5.56 Å². The first kappa shape index (κ1) is 22.9. The van der Waals surface area contributed by atoms with E-state index in [2.05, 4.69) is 145 Å². The molecule has 0 saturated heterocycles. The van der Waals surface area contributed by atoms with Crippen LogP contribution in [0, 0.1) is 6.92 Å². The first-order valence-electron chi connectivity index (χ1n) is 14.1. The van der Waals surface area contributed by atoms with Crippen molar-refractivity contribution >= 4 is 43.1 Å². The van der Waals surface area contributed by atoms with Gasteiger partial charge in [-0.1, -0.05) is 109 Å². The highest BCUT2D eigenvalue weighted by molar-refractivity contribution is 7.23. The molecule has 2 aromatic heterocycles. The molecule has 8 aromatic rings. The molecular weight excluding hydrogens is 515 g/mol. The number of nitrogens with zero attached hydrogens (tertiary/aromatic N) is 1. The maximum absolute atomic E-state index is 2.42. The minimum absolute atomic E-state index is 1.22. The molecule has 0 fully saturated rings. The molecule has 0 atom stereocenters. The number of rotatable bonds is 3. The van der Waals surface area contributed by atoms with Crippen LogP contribution in [0.2, 0.25) is 0 Å². The van der Waals surface area contributed by atoms with Crippen molar-refractivity contribution in [1.82, 2.24) is 4.57 Å². The summed E-state index contributed by atoms with van der Waals surface area (Å²) in [6, 6.07) is 46.7. The van der Waals surface area contributed by atoms with Crippen LogP contribution in [0.5, 0.6) is 0 Å². The van der Waals surface area contributed by atoms with Gasteiger partial charge in [-0.05, 0) is 63.9 Å². The first-order valence-corrected chi connectivity index (χ1v) is 14.9. The van der Waals surface area contributed by atoms with Gasteiger partial charge in [-0.25, -0.2) is 0 Å². The molecule has 0 spiro atoms. The van der Waals surface area contributed by atoms with E-state index in [0.717, 1.165) is 0 Å². The van der Waals surface area contributed by atoms with Crippen LogP contribution in [0.25, 0.3) is 81.3 Å². The molecule has 0 radical (unpaired) electrons. The summed E-state index contributed by atoms with van der Waals surface area (Å²) >= 11 is 1.90. The molecule has 0 N–H and O–H groups in total. The molecule has 2 heterocycles. The second kappa shape index (κ2) is 8.54. The summed E-state index contributed by atoms with van der Waals surface area (Å²) in [6.07, 6.45) is 2.38. The maximum Gasteiger partial charge on any atom is 0.0535 e. The van der Waals surface area contributed by atoms with E-state index in [1.807, 2.05) is 11.3 Å². The van der Waals surface area contributed by atoms with Gasteiger partial charge in [0.1, 0.15) is 0 Å². The van der Waals surface area contributed by atoms with Gasteiger partial charge in [0.05, 0.1) is 11.2 Å². The summed E-state index contributed by atoms with van der Waals surface area (Å²) in [4.78, 5) is 1.34. The zero-order valence-electron chi connectivity index (χ0n) is 22.6. The normalized spacial score (nSPS) is 12.0. The zero-order chi connectivity index (χ0) is 27.1. The molecular formula is C39H25NS. The van der Waals surface area contributed by atoms with E-state index in [0.29, 0.717) is 0 Å². The Morgan fingerprint density at radius 1 is 0.488 bits per heavy atom. The minimum Gasteiger partial charge on any atom is -0.315 e. The van der Waals surface area contributed by atoms with Crippen molar-refractivity contribution in [3.8, 4) is 49.5 Å². The van der Waals surface area contributed by atoms with Crippen molar-refractivity contribution in [1.29, 1.82) is 0 Å². The van der Waals surface area contributed by atoms with E-state index in [4.69, 9.17) is 0 Å². The molecule has 0 saturated carbocycles. The number of thiophene rings is 1. The molecule has 0 amide bonds. The number of hydrogen-bond acceptors (Lipinski definition) is 1. The second-order valence-electron chi connectivity index (χ2n) is 11.0. The third kappa shape index (κ3) is 3.17. The summed E-state index contributed by atoms with van der Waals surface area (Å²) in [7, 11) is 0. The van der Waals surface area contributed by atoms with E-state index in [9.17, 15) is 0 Å². The van der Waals surface area contributed by atoms with Gasteiger partial charge in [0.15, 0.2) is 0 Å². The molecule has 1 aliphatic carbocycles. The largest absolute Gasteiger partial charge is 0.315 e. The number of fused-ring (bicyclic) bond motifs is 5. The van der Waals surface area contributed by atoms with Crippen LogP contribution in [0.15, 0.2) is 134 Å². The predicted octanol–water partition coefficient (Wildman–Crippen LogP) is 11.3. The van der Waals surface area contributed by atoms with Crippen LogP contribution >= 0.6 is 11.3 Å². The van der Waals surface area contributed by atoms with Crippen molar-refractivity contribution in [2.75, 3.05) is 0 Å². The lowest BCUT2D eigenvalue weighted by Gasteiger charge is -2.12. The van der Waals surface area contributed by atoms with Crippen molar-refractivity contribution in [3.05, 3.63) is 139 Å². The topological polar surface area (TPSA) is 4.93 Å². The molecule has 6 aromatic carbocycles. The summed E-state index contributed by atoms with van der Waals surface area (Å²) in [5.74, 6) is 0. The van der Waals surface area contributed by atoms with Crippen molar-refractivity contribution in [3.63, 3.8) is 0 Å². The predicted molar refractivity (Wildman–Crippen MR) is 176 cm³/mol. The second-order valence-corrected chi connectivity index (χ2v) is 12.0. The van der Waals surface area contributed by atoms with Gasteiger partial charge in [0, 0.05) is 43.1 Å². The standard InChI is InChI=1S/C39H25NS/c1-24-11-2-3-12-25(24)39-38(32-16-7-9-20-36(32)41-39)33-23-40(34-19-8-6-15-28(33)34)35-22-21-30-27-14-5-4-13-26(27)29-17-10-18-31(35)37(29)30/h2-23H,1H3. The molecule has 9 rings (SSSR count). The number of para-hydroxylation sites is 1. The van der Waals surface area contributed by atoms with Gasteiger partial charge < -0.3 is 4.57 Å². The lowest BCUT2D eigenvalue weighted by molar-refractivity contribution is 1.14. The first-order chi connectivity index (χ1) is 20.3. The molecule has 2 heteroatoms. The Balaban J connectivity index is 1.36. The third-order valence-corrected chi connectivity index (χ3v) is 9.96. The maximum atomic E-state index is 2.42. The van der Waals surface area contributed by atoms with E-state index < -0.39 is 0 Å². The minimum atomic E-state index is 1.22. The molecule has 192 valence electrons. The molecule has 0 bridgehead atoms. The lowest BCUT2D eigenvalue weighted by atomic mass is 9.96. The van der Waals surface area contributed by atoms with Gasteiger partial charge in [0.2, 0.25) is 0 Å². The summed E-state index contributed by atoms with van der Waals surface area (Å²) in [5, 5.41) is 5.23. The summed E-state index contributed by atoms with van der Waals surface area (Å²) in [6.45, 7) is 2.22. The average Bonchev–Trinajstić information content (AvgIpc) is 3.69. The Kier molecular flexibility index (Phi) is 4.76. The van der Waals surface area contributed by atoms with Crippen LogP contribution < -0.4 is 0 Å². The monoisotopic (exact) mass is 539 g/mol. The molecule has 1 aliphatic rings. The number of benzene rings is 6. The number of aromatic nitrogens is 1. The Hall–Kier alpha value is -4.92. The Labute approximate surface area is 242 Å².